The van der Waals surface area contributed by atoms with Gasteiger partial charge in [-0.05, 0) is 40.2 Å². The van der Waals surface area contributed by atoms with Crippen LogP contribution < -0.4 is 19.5 Å². The van der Waals surface area contributed by atoms with Crippen molar-refractivity contribution in [3.8, 4) is 17.2 Å². The van der Waals surface area contributed by atoms with Gasteiger partial charge in [-0.15, -0.1) is 0 Å². The number of carbonyl (C=O) groups excluding carboxylic acids is 1. The minimum atomic E-state index is -0.256. The third-order valence-electron chi connectivity index (χ3n) is 3.23. The molecule has 1 N–H and O–H groups in total. The van der Waals surface area contributed by atoms with E-state index in [1.54, 1.807) is 31.4 Å². The predicted octanol–water partition coefficient (Wildman–Crippen LogP) is 3.48. The smallest absolute Gasteiger partial charge is 0.257 e. The number of methoxy groups -OCH3 is 1. The Labute approximate surface area is 136 Å². The summed E-state index contributed by atoms with van der Waals surface area (Å²) in [4.78, 5) is 12.5. The summed E-state index contributed by atoms with van der Waals surface area (Å²) in [7, 11) is 1.56. The number of carbonyl (C=O) groups is 1. The van der Waals surface area contributed by atoms with Crippen molar-refractivity contribution in [3.63, 3.8) is 0 Å². The summed E-state index contributed by atoms with van der Waals surface area (Å²) in [6.45, 7) is 0.981. The molecule has 0 saturated carbocycles. The SMILES string of the molecule is COc1ccccc1NC(=O)c1cc2c(cc1Br)OCCO2. The number of nitrogens with one attached hydrogen (secondary N) is 1. The molecule has 2 aromatic rings. The summed E-state index contributed by atoms with van der Waals surface area (Å²) >= 11 is 3.40. The Balaban J connectivity index is 1.89. The van der Waals surface area contributed by atoms with E-state index in [2.05, 4.69) is 21.2 Å². The first kappa shape index (κ1) is 14.7. The Bertz CT molecular complexity index is 717. The molecule has 1 aliphatic rings. The van der Waals surface area contributed by atoms with Crippen LogP contribution in [0.5, 0.6) is 17.2 Å². The number of ether oxygens (including phenoxy) is 3. The van der Waals surface area contributed by atoms with Crippen molar-refractivity contribution >= 4 is 27.5 Å². The molecular formula is C16H14BrNO4. The van der Waals surface area contributed by atoms with Crippen molar-refractivity contribution in [2.75, 3.05) is 25.6 Å². The van der Waals surface area contributed by atoms with Gasteiger partial charge in [0.05, 0.1) is 18.4 Å². The first-order chi connectivity index (χ1) is 10.7. The summed E-state index contributed by atoms with van der Waals surface area (Å²) < 4.78 is 16.9. The third kappa shape index (κ3) is 2.87. The van der Waals surface area contributed by atoms with E-state index < -0.39 is 0 Å². The highest BCUT2D eigenvalue weighted by Crippen LogP contribution is 2.36. The van der Waals surface area contributed by atoms with Crippen molar-refractivity contribution in [1.82, 2.24) is 0 Å². The molecule has 5 nitrogen and oxygen atoms in total. The molecule has 1 aliphatic heterocycles. The summed E-state index contributed by atoms with van der Waals surface area (Å²) in [5.41, 5.74) is 1.08. The maximum Gasteiger partial charge on any atom is 0.257 e. The van der Waals surface area contributed by atoms with Crippen LogP contribution in [-0.4, -0.2) is 26.2 Å². The van der Waals surface area contributed by atoms with Gasteiger partial charge in [0.2, 0.25) is 0 Å². The first-order valence-corrected chi connectivity index (χ1v) is 7.52. The Morgan fingerprint density at radius 2 is 1.86 bits per heavy atom. The lowest BCUT2D eigenvalue weighted by atomic mass is 10.1. The monoisotopic (exact) mass is 363 g/mol. The largest absolute Gasteiger partial charge is 0.495 e. The molecule has 0 fully saturated rings. The van der Waals surface area contributed by atoms with E-state index in [0.29, 0.717) is 46.2 Å². The van der Waals surface area contributed by atoms with Gasteiger partial charge in [-0.1, -0.05) is 12.1 Å². The lowest BCUT2D eigenvalue weighted by molar-refractivity contribution is 0.102. The number of halogens is 1. The quantitative estimate of drug-likeness (QED) is 0.906. The molecule has 0 saturated heterocycles. The molecule has 0 spiro atoms. The number of benzene rings is 2. The predicted molar refractivity (Wildman–Crippen MR) is 86.1 cm³/mol. The summed E-state index contributed by atoms with van der Waals surface area (Å²) in [6.07, 6.45) is 0. The highest BCUT2D eigenvalue weighted by molar-refractivity contribution is 9.10. The molecule has 0 aliphatic carbocycles. The maximum absolute atomic E-state index is 12.5. The average molecular weight is 364 g/mol. The minimum Gasteiger partial charge on any atom is -0.495 e. The lowest BCUT2D eigenvalue weighted by Gasteiger charge is -2.20. The van der Waals surface area contributed by atoms with Crippen molar-refractivity contribution < 1.29 is 19.0 Å². The van der Waals surface area contributed by atoms with Crippen LogP contribution in [-0.2, 0) is 0 Å². The molecule has 0 atom stereocenters. The van der Waals surface area contributed by atoms with Crippen LogP contribution in [0.4, 0.5) is 5.69 Å². The second-order valence-electron chi connectivity index (χ2n) is 4.63. The van der Waals surface area contributed by atoms with Crippen LogP contribution in [0.1, 0.15) is 10.4 Å². The fraction of sp³-hybridized carbons (Fsp3) is 0.188. The number of hydrogen-bond acceptors (Lipinski definition) is 4. The van der Waals surface area contributed by atoms with Crippen LogP contribution in [0.2, 0.25) is 0 Å². The molecule has 114 valence electrons. The summed E-state index contributed by atoms with van der Waals surface area (Å²) in [6, 6.07) is 10.7. The van der Waals surface area contributed by atoms with Gasteiger partial charge in [0.1, 0.15) is 19.0 Å². The molecule has 0 unspecified atom stereocenters. The molecule has 6 heteroatoms. The number of fused-ring (bicyclic) bond motifs is 1. The zero-order valence-corrected chi connectivity index (χ0v) is 13.5. The van der Waals surface area contributed by atoms with Crippen molar-refractivity contribution in [2.24, 2.45) is 0 Å². The number of anilines is 1. The van der Waals surface area contributed by atoms with Crippen LogP contribution in [0.15, 0.2) is 40.9 Å². The van der Waals surface area contributed by atoms with Gasteiger partial charge in [-0.3, -0.25) is 4.79 Å². The molecule has 0 radical (unpaired) electrons. The van der Waals surface area contributed by atoms with Crippen LogP contribution in [0.25, 0.3) is 0 Å². The van der Waals surface area contributed by atoms with Crippen molar-refractivity contribution in [3.05, 3.63) is 46.4 Å². The zero-order valence-electron chi connectivity index (χ0n) is 11.9. The fourth-order valence-electron chi connectivity index (χ4n) is 2.18. The van der Waals surface area contributed by atoms with Crippen LogP contribution in [0, 0.1) is 0 Å². The highest BCUT2D eigenvalue weighted by atomic mass is 79.9. The Morgan fingerprint density at radius 3 is 2.59 bits per heavy atom. The van der Waals surface area contributed by atoms with Crippen LogP contribution >= 0.6 is 15.9 Å². The number of rotatable bonds is 3. The van der Waals surface area contributed by atoms with Crippen molar-refractivity contribution in [2.45, 2.75) is 0 Å². The van der Waals surface area contributed by atoms with Gasteiger partial charge >= 0.3 is 0 Å². The van der Waals surface area contributed by atoms with E-state index in [1.165, 1.54) is 0 Å². The topological polar surface area (TPSA) is 56.8 Å². The van der Waals surface area contributed by atoms with Gasteiger partial charge in [-0.25, -0.2) is 0 Å². The van der Waals surface area contributed by atoms with E-state index in [0.717, 1.165) is 0 Å². The molecule has 22 heavy (non-hydrogen) atoms. The zero-order chi connectivity index (χ0) is 15.5. The van der Waals surface area contributed by atoms with Gasteiger partial charge < -0.3 is 19.5 Å². The number of para-hydroxylation sites is 2. The van der Waals surface area contributed by atoms with E-state index in [4.69, 9.17) is 14.2 Å². The first-order valence-electron chi connectivity index (χ1n) is 6.72. The molecule has 1 amide bonds. The van der Waals surface area contributed by atoms with Crippen molar-refractivity contribution in [1.29, 1.82) is 0 Å². The lowest BCUT2D eigenvalue weighted by Crippen LogP contribution is -2.18. The second kappa shape index (κ2) is 6.27. The van der Waals surface area contributed by atoms with E-state index in [-0.39, 0.29) is 5.91 Å². The molecule has 2 aromatic carbocycles. The molecule has 0 aromatic heterocycles. The maximum atomic E-state index is 12.5. The minimum absolute atomic E-state index is 0.256. The standard InChI is InChI=1S/C16H14BrNO4/c1-20-13-5-3-2-4-12(13)18-16(19)10-8-14-15(9-11(10)17)22-7-6-21-14/h2-5,8-9H,6-7H2,1H3,(H,18,19). The van der Waals surface area contributed by atoms with Gasteiger partial charge in [0, 0.05) is 4.47 Å². The highest BCUT2D eigenvalue weighted by Gasteiger charge is 2.19. The summed E-state index contributed by atoms with van der Waals surface area (Å²) in [5, 5.41) is 2.84. The number of hydrogen-bond donors (Lipinski definition) is 1. The average Bonchev–Trinajstić information content (AvgIpc) is 2.54. The van der Waals surface area contributed by atoms with Gasteiger partial charge in [0.15, 0.2) is 11.5 Å². The van der Waals surface area contributed by atoms with Gasteiger partial charge in [0.25, 0.3) is 5.91 Å². The second-order valence-corrected chi connectivity index (χ2v) is 5.48. The number of amides is 1. The Morgan fingerprint density at radius 1 is 1.18 bits per heavy atom. The normalized spacial score (nSPS) is 12.6. The summed E-state index contributed by atoms with van der Waals surface area (Å²) in [5.74, 6) is 1.55. The fourth-order valence-corrected chi connectivity index (χ4v) is 2.68. The molecular weight excluding hydrogens is 350 g/mol. The van der Waals surface area contributed by atoms with E-state index in [1.807, 2.05) is 12.1 Å². The Hall–Kier alpha value is -2.21. The molecule has 0 bridgehead atoms. The molecule has 1 heterocycles. The van der Waals surface area contributed by atoms with E-state index >= 15 is 0 Å². The molecule has 3 rings (SSSR count). The van der Waals surface area contributed by atoms with Gasteiger partial charge in [-0.2, -0.15) is 0 Å². The third-order valence-corrected chi connectivity index (χ3v) is 3.89. The van der Waals surface area contributed by atoms with E-state index in [9.17, 15) is 4.79 Å². The van der Waals surface area contributed by atoms with Crippen LogP contribution in [0.3, 0.4) is 0 Å². The Kier molecular flexibility index (Phi) is 4.20.